The highest BCUT2D eigenvalue weighted by Crippen LogP contribution is 2.00. The molecule has 0 spiro atoms. The second kappa shape index (κ2) is 6.66. The molecular weight excluding hydrogens is 296 g/mol. The van der Waals surface area contributed by atoms with Crippen LogP contribution >= 0.6 is 17.0 Å². The Morgan fingerprint density at radius 3 is 2.11 bits per heavy atom. The molecule has 0 saturated carbocycles. The van der Waals surface area contributed by atoms with Crippen molar-refractivity contribution >= 4 is 28.6 Å². The van der Waals surface area contributed by atoms with Gasteiger partial charge in [0.2, 0.25) is 0 Å². The Morgan fingerprint density at radius 2 is 1.56 bits per heavy atom. The number of hydrogen-bond donors (Lipinski definition) is 0. The Kier molecular flexibility index (Phi) is 5.20. The molecule has 2 rings (SSSR count). The lowest BCUT2D eigenvalue weighted by Crippen LogP contribution is -2.47. The summed E-state index contributed by atoms with van der Waals surface area (Å²) in [6.45, 7) is 0. The first-order valence-corrected chi connectivity index (χ1v) is 5.09. The van der Waals surface area contributed by atoms with E-state index in [1.54, 1.807) is 60.9 Å². The second-order valence-electron chi connectivity index (χ2n) is 3.39. The quantitative estimate of drug-likeness (QED) is 0.281. The number of rotatable bonds is 2. The number of benzene rings is 1. The second-order valence-corrected chi connectivity index (χ2v) is 3.39. The number of aromatic nitrogens is 1. The number of carbonyl (C=O) groups is 1. The van der Waals surface area contributed by atoms with E-state index in [0.717, 1.165) is 0 Å². The Morgan fingerprint density at radius 1 is 1.00 bits per heavy atom. The van der Waals surface area contributed by atoms with Crippen molar-refractivity contribution in [3.05, 3.63) is 71.7 Å². The van der Waals surface area contributed by atoms with Gasteiger partial charge in [0.05, 0.1) is 12.4 Å². The molecular formula is C13H11BrN2O2. The van der Waals surface area contributed by atoms with Crippen LogP contribution in [0.4, 0.5) is 0 Å². The van der Waals surface area contributed by atoms with E-state index in [-0.39, 0.29) is 22.8 Å². The minimum absolute atomic E-state index is 0. The summed E-state index contributed by atoms with van der Waals surface area (Å²) in [6.07, 6.45) is 3.22. The van der Waals surface area contributed by atoms with Crippen LogP contribution in [0.15, 0.2) is 66.1 Å². The molecule has 5 heteroatoms. The molecule has 0 fully saturated rings. The maximum absolute atomic E-state index is 12.0. The van der Waals surface area contributed by atoms with Crippen LogP contribution in [0.5, 0.6) is 0 Å². The zero-order valence-corrected chi connectivity index (χ0v) is 11.1. The van der Waals surface area contributed by atoms with Crippen LogP contribution in [-0.2, 0) is 0 Å². The summed E-state index contributed by atoms with van der Waals surface area (Å²) in [6, 6.07) is 13.8. The lowest BCUT2D eigenvalue weighted by atomic mass is 10.1. The van der Waals surface area contributed by atoms with Crippen LogP contribution in [-0.4, -0.2) is 11.6 Å². The SMILES string of the molecule is Br.O=C(/C(=N\[O-])[n+]1ccccc1)c1ccccc1. The molecule has 0 amide bonds. The smallest absolute Gasteiger partial charge is 0.375 e. The summed E-state index contributed by atoms with van der Waals surface area (Å²) in [5.74, 6) is -0.534. The minimum atomic E-state index is -0.392. The lowest BCUT2D eigenvalue weighted by molar-refractivity contribution is -0.552. The van der Waals surface area contributed by atoms with Crippen molar-refractivity contribution in [1.29, 1.82) is 0 Å². The van der Waals surface area contributed by atoms with Crippen LogP contribution in [0.3, 0.4) is 0 Å². The summed E-state index contributed by atoms with van der Waals surface area (Å²) >= 11 is 0. The molecule has 0 atom stereocenters. The zero-order chi connectivity index (χ0) is 12.1. The van der Waals surface area contributed by atoms with Gasteiger partial charge in [-0.3, -0.25) is 4.79 Å². The molecule has 92 valence electrons. The number of halogens is 1. The van der Waals surface area contributed by atoms with E-state index in [4.69, 9.17) is 0 Å². The van der Waals surface area contributed by atoms with Crippen LogP contribution in [0.1, 0.15) is 10.4 Å². The number of hydrogen-bond acceptors (Lipinski definition) is 3. The van der Waals surface area contributed by atoms with Crippen molar-refractivity contribution < 1.29 is 9.36 Å². The van der Waals surface area contributed by atoms with Gasteiger partial charge in [0.15, 0.2) is 0 Å². The molecule has 1 aromatic carbocycles. The van der Waals surface area contributed by atoms with Crippen molar-refractivity contribution in [2.24, 2.45) is 5.16 Å². The van der Waals surface area contributed by atoms with Gasteiger partial charge in [-0.2, -0.15) is 4.57 Å². The van der Waals surface area contributed by atoms with Gasteiger partial charge in [-0.15, -0.1) is 17.0 Å². The third-order valence-electron chi connectivity index (χ3n) is 2.29. The highest BCUT2D eigenvalue weighted by Gasteiger charge is 2.22. The Bertz CT molecular complexity index is 541. The minimum Gasteiger partial charge on any atom is -0.675 e. The maximum atomic E-state index is 12.0. The van der Waals surface area contributed by atoms with E-state index < -0.39 is 5.78 Å². The normalized spacial score (nSPS) is 10.6. The summed E-state index contributed by atoms with van der Waals surface area (Å²) in [5.41, 5.74) is 0.443. The average molecular weight is 307 g/mol. The van der Waals surface area contributed by atoms with Crippen molar-refractivity contribution in [3.63, 3.8) is 0 Å². The topological polar surface area (TPSA) is 56.4 Å². The largest absolute Gasteiger partial charge is 0.675 e. The molecule has 0 unspecified atom stereocenters. The third-order valence-corrected chi connectivity index (χ3v) is 2.29. The van der Waals surface area contributed by atoms with Gasteiger partial charge in [0, 0.05) is 5.56 Å². The summed E-state index contributed by atoms with van der Waals surface area (Å²) < 4.78 is 1.41. The fourth-order valence-corrected chi connectivity index (χ4v) is 1.46. The molecule has 1 heterocycles. The van der Waals surface area contributed by atoms with Crippen LogP contribution in [0, 0.1) is 5.21 Å². The van der Waals surface area contributed by atoms with Crippen LogP contribution in [0.2, 0.25) is 0 Å². The van der Waals surface area contributed by atoms with Crippen molar-refractivity contribution in [2.45, 2.75) is 0 Å². The van der Waals surface area contributed by atoms with Gasteiger partial charge in [-0.1, -0.05) is 41.6 Å². The predicted molar refractivity (Wildman–Crippen MR) is 73.9 cm³/mol. The molecule has 0 N–H and O–H groups in total. The van der Waals surface area contributed by atoms with E-state index in [9.17, 15) is 10.0 Å². The van der Waals surface area contributed by atoms with Crippen molar-refractivity contribution in [3.8, 4) is 0 Å². The molecule has 0 radical (unpaired) electrons. The first-order chi connectivity index (χ1) is 8.33. The van der Waals surface area contributed by atoms with E-state index in [1.165, 1.54) is 4.57 Å². The Balaban J connectivity index is 0.00000162. The number of nitrogens with zero attached hydrogens (tertiary/aromatic N) is 2. The first-order valence-electron chi connectivity index (χ1n) is 5.09. The lowest BCUT2D eigenvalue weighted by Gasteiger charge is -2.00. The van der Waals surface area contributed by atoms with E-state index in [0.29, 0.717) is 5.56 Å². The predicted octanol–water partition coefficient (Wildman–Crippen LogP) is 2.18. The van der Waals surface area contributed by atoms with Gasteiger partial charge in [0.25, 0.3) is 5.78 Å². The Labute approximate surface area is 115 Å². The van der Waals surface area contributed by atoms with E-state index >= 15 is 0 Å². The van der Waals surface area contributed by atoms with Crippen molar-refractivity contribution in [1.82, 2.24) is 0 Å². The molecule has 0 aliphatic heterocycles. The standard InChI is InChI=1S/C13H10N2O2.BrH/c16-12(11-7-3-1-4-8-11)13(14-17)15-9-5-2-6-10-15;/h1-10H;1H. The number of Topliss-reactive ketones (excluding diaryl/α,β-unsaturated/α-hetero) is 1. The van der Waals surface area contributed by atoms with E-state index in [1.807, 2.05) is 0 Å². The summed E-state index contributed by atoms with van der Waals surface area (Å²) in [7, 11) is 0. The Hall–Kier alpha value is -2.01. The highest BCUT2D eigenvalue weighted by molar-refractivity contribution is 8.93. The van der Waals surface area contributed by atoms with Gasteiger partial charge in [-0.05, 0) is 12.1 Å². The molecule has 0 bridgehead atoms. The van der Waals surface area contributed by atoms with Crippen LogP contribution < -0.4 is 4.57 Å². The number of pyridine rings is 1. The van der Waals surface area contributed by atoms with Gasteiger partial charge < -0.3 is 5.21 Å². The molecule has 18 heavy (non-hydrogen) atoms. The number of carbonyl (C=O) groups excluding carboxylic acids is 1. The zero-order valence-electron chi connectivity index (χ0n) is 9.39. The molecule has 0 aliphatic rings. The molecule has 4 nitrogen and oxygen atoms in total. The maximum Gasteiger partial charge on any atom is 0.375 e. The van der Waals surface area contributed by atoms with Gasteiger partial charge in [0.1, 0.15) is 0 Å². The fourth-order valence-electron chi connectivity index (χ4n) is 1.46. The summed E-state index contributed by atoms with van der Waals surface area (Å²) in [4.78, 5) is 12.0. The average Bonchev–Trinajstić information content (AvgIpc) is 2.42. The van der Waals surface area contributed by atoms with Gasteiger partial charge >= 0.3 is 5.84 Å². The third kappa shape index (κ3) is 3.01. The van der Waals surface area contributed by atoms with Crippen LogP contribution in [0.25, 0.3) is 0 Å². The fraction of sp³-hybridized carbons (Fsp3) is 0. The molecule has 0 aliphatic carbocycles. The van der Waals surface area contributed by atoms with E-state index in [2.05, 4.69) is 5.16 Å². The van der Waals surface area contributed by atoms with Crippen molar-refractivity contribution in [2.75, 3.05) is 0 Å². The first kappa shape index (κ1) is 14.1. The highest BCUT2D eigenvalue weighted by atomic mass is 79.9. The summed E-state index contributed by atoms with van der Waals surface area (Å²) in [5, 5.41) is 13.6. The van der Waals surface area contributed by atoms with Gasteiger partial charge in [-0.25, -0.2) is 0 Å². The monoisotopic (exact) mass is 306 g/mol. The molecule has 2 aromatic rings. The molecule has 0 saturated heterocycles. The number of ketones is 1. The molecule has 1 aromatic heterocycles.